The zero-order valence-corrected chi connectivity index (χ0v) is 18.7. The molecule has 0 spiro atoms. The zero-order valence-electron chi connectivity index (χ0n) is 17.9. The smallest absolute Gasteiger partial charge is 0.311 e. The Morgan fingerprint density at radius 1 is 1.09 bits per heavy atom. The van der Waals surface area contributed by atoms with Gasteiger partial charge in [-0.1, -0.05) is 23.7 Å². The van der Waals surface area contributed by atoms with Crippen LogP contribution >= 0.6 is 11.6 Å². The lowest BCUT2D eigenvalue weighted by atomic mass is 10.1. The molecule has 2 N–H and O–H groups in total. The van der Waals surface area contributed by atoms with E-state index in [9.17, 15) is 19.2 Å². The van der Waals surface area contributed by atoms with Crippen LogP contribution in [0.25, 0.3) is 0 Å². The summed E-state index contributed by atoms with van der Waals surface area (Å²) in [5.41, 5.74) is 3.04. The second kappa shape index (κ2) is 10.7. The van der Waals surface area contributed by atoms with Crippen molar-refractivity contribution in [2.45, 2.75) is 6.42 Å². The SMILES string of the molecule is COc1ccc(Cl)cc1NC(=O)COC(=O)[C@H]1CC(=O)N(NC(=O)c2ccccc2OC)C1. The maximum Gasteiger partial charge on any atom is 0.311 e. The van der Waals surface area contributed by atoms with Crippen LogP contribution in [0.5, 0.6) is 11.5 Å². The molecule has 0 bridgehead atoms. The Balaban J connectivity index is 1.52. The highest BCUT2D eigenvalue weighted by molar-refractivity contribution is 6.31. The zero-order chi connectivity index (χ0) is 24.0. The fraction of sp³-hybridized carbons (Fsp3) is 0.273. The second-order valence-corrected chi connectivity index (χ2v) is 7.48. The summed E-state index contributed by atoms with van der Waals surface area (Å²) < 4.78 is 15.3. The number of nitrogens with one attached hydrogen (secondary N) is 2. The highest BCUT2D eigenvalue weighted by Gasteiger charge is 2.37. The van der Waals surface area contributed by atoms with Crippen LogP contribution in [0.4, 0.5) is 5.69 Å². The summed E-state index contributed by atoms with van der Waals surface area (Å²) in [6.07, 6.45) is -0.158. The molecular formula is C22H22ClN3O7. The average Bonchev–Trinajstić information content (AvgIpc) is 3.17. The highest BCUT2D eigenvalue weighted by atomic mass is 35.5. The molecule has 1 aliphatic heterocycles. The van der Waals surface area contributed by atoms with E-state index in [0.29, 0.717) is 22.2 Å². The van der Waals surface area contributed by atoms with E-state index in [-0.39, 0.29) is 18.5 Å². The summed E-state index contributed by atoms with van der Waals surface area (Å²) in [5.74, 6) is -2.43. The van der Waals surface area contributed by atoms with Crippen molar-refractivity contribution >= 4 is 41.0 Å². The van der Waals surface area contributed by atoms with Crippen LogP contribution in [0.3, 0.4) is 0 Å². The highest BCUT2D eigenvalue weighted by Crippen LogP contribution is 2.27. The number of para-hydroxylation sites is 1. The van der Waals surface area contributed by atoms with Crippen molar-refractivity contribution in [3.05, 3.63) is 53.1 Å². The molecule has 1 aliphatic rings. The fourth-order valence-electron chi connectivity index (χ4n) is 3.21. The molecule has 1 heterocycles. The predicted molar refractivity (Wildman–Crippen MR) is 118 cm³/mol. The van der Waals surface area contributed by atoms with Gasteiger partial charge in [0.2, 0.25) is 5.91 Å². The lowest BCUT2D eigenvalue weighted by Gasteiger charge is -2.18. The van der Waals surface area contributed by atoms with Crippen molar-refractivity contribution in [1.29, 1.82) is 0 Å². The average molecular weight is 476 g/mol. The van der Waals surface area contributed by atoms with Crippen molar-refractivity contribution in [3.8, 4) is 11.5 Å². The van der Waals surface area contributed by atoms with Gasteiger partial charge in [-0.3, -0.25) is 29.6 Å². The number of anilines is 1. The van der Waals surface area contributed by atoms with Crippen molar-refractivity contribution in [3.63, 3.8) is 0 Å². The summed E-state index contributed by atoms with van der Waals surface area (Å²) in [7, 11) is 2.87. The molecule has 0 aliphatic carbocycles. The van der Waals surface area contributed by atoms with E-state index >= 15 is 0 Å². The van der Waals surface area contributed by atoms with Gasteiger partial charge in [0.15, 0.2) is 6.61 Å². The first-order valence-electron chi connectivity index (χ1n) is 9.86. The van der Waals surface area contributed by atoms with Gasteiger partial charge in [0, 0.05) is 11.4 Å². The molecule has 33 heavy (non-hydrogen) atoms. The minimum atomic E-state index is -0.830. The number of methoxy groups -OCH3 is 2. The van der Waals surface area contributed by atoms with Gasteiger partial charge < -0.3 is 19.5 Å². The largest absolute Gasteiger partial charge is 0.496 e. The number of carbonyl (C=O) groups is 4. The van der Waals surface area contributed by atoms with Crippen LogP contribution in [-0.4, -0.2) is 56.1 Å². The van der Waals surface area contributed by atoms with Gasteiger partial charge in [-0.25, -0.2) is 0 Å². The summed E-state index contributed by atoms with van der Waals surface area (Å²) >= 11 is 5.92. The number of ether oxygens (including phenoxy) is 3. The fourth-order valence-corrected chi connectivity index (χ4v) is 3.38. The van der Waals surface area contributed by atoms with Gasteiger partial charge >= 0.3 is 5.97 Å². The van der Waals surface area contributed by atoms with Crippen LogP contribution in [0, 0.1) is 5.92 Å². The summed E-state index contributed by atoms with van der Waals surface area (Å²) in [5, 5.41) is 3.99. The van der Waals surface area contributed by atoms with E-state index in [1.54, 1.807) is 36.4 Å². The third kappa shape index (κ3) is 5.92. The van der Waals surface area contributed by atoms with Crippen molar-refractivity contribution in [1.82, 2.24) is 10.4 Å². The molecule has 2 aromatic rings. The number of halogens is 1. The van der Waals surface area contributed by atoms with Gasteiger partial charge in [0.1, 0.15) is 11.5 Å². The summed E-state index contributed by atoms with van der Waals surface area (Å²) in [6, 6.07) is 11.2. The normalized spacial score (nSPS) is 15.1. The Bertz CT molecular complexity index is 1080. The first-order valence-corrected chi connectivity index (χ1v) is 10.2. The molecule has 1 fully saturated rings. The molecule has 1 atom stereocenters. The molecule has 0 radical (unpaired) electrons. The Hall–Kier alpha value is -3.79. The van der Waals surface area contributed by atoms with Crippen molar-refractivity contribution in [2.24, 2.45) is 5.92 Å². The van der Waals surface area contributed by atoms with Crippen LogP contribution in [0.15, 0.2) is 42.5 Å². The lowest BCUT2D eigenvalue weighted by Crippen LogP contribution is -2.43. The minimum absolute atomic E-state index is 0.0811. The molecule has 10 nitrogen and oxygen atoms in total. The molecule has 1 saturated heterocycles. The van der Waals surface area contributed by atoms with E-state index in [0.717, 1.165) is 5.01 Å². The molecule has 2 aromatic carbocycles. The van der Waals surface area contributed by atoms with Gasteiger partial charge in [-0.05, 0) is 30.3 Å². The Kier molecular flexibility index (Phi) is 7.73. The molecular weight excluding hydrogens is 454 g/mol. The number of hydrogen-bond acceptors (Lipinski definition) is 7. The first kappa shape index (κ1) is 23.9. The first-order chi connectivity index (χ1) is 15.8. The van der Waals surface area contributed by atoms with E-state index < -0.39 is 36.2 Å². The van der Waals surface area contributed by atoms with Crippen LogP contribution < -0.4 is 20.2 Å². The molecule has 3 rings (SSSR count). The van der Waals surface area contributed by atoms with Crippen LogP contribution in [0.2, 0.25) is 5.02 Å². The van der Waals surface area contributed by atoms with E-state index in [1.807, 2.05) is 0 Å². The molecule has 11 heteroatoms. The number of nitrogens with zero attached hydrogens (tertiary/aromatic N) is 1. The van der Waals surface area contributed by atoms with E-state index in [4.69, 9.17) is 25.8 Å². The van der Waals surface area contributed by atoms with Crippen LogP contribution in [0.1, 0.15) is 16.8 Å². The number of hydrogen-bond donors (Lipinski definition) is 2. The van der Waals surface area contributed by atoms with E-state index in [1.165, 1.54) is 20.3 Å². The number of rotatable bonds is 8. The third-order valence-electron chi connectivity index (χ3n) is 4.83. The second-order valence-electron chi connectivity index (χ2n) is 7.05. The minimum Gasteiger partial charge on any atom is -0.496 e. The van der Waals surface area contributed by atoms with Gasteiger partial charge in [-0.15, -0.1) is 0 Å². The predicted octanol–water partition coefficient (Wildman–Crippen LogP) is 2.03. The monoisotopic (exact) mass is 475 g/mol. The maximum absolute atomic E-state index is 12.5. The van der Waals surface area contributed by atoms with Crippen molar-refractivity contribution < 1.29 is 33.4 Å². The Morgan fingerprint density at radius 3 is 2.55 bits per heavy atom. The quantitative estimate of drug-likeness (QED) is 0.560. The standard InChI is InChI=1S/C22H22ClN3O7/c1-31-17-6-4-3-5-15(17)21(29)25-26-11-13(9-20(26)28)22(30)33-12-19(27)24-16-10-14(23)7-8-18(16)32-2/h3-8,10,13H,9,11-12H2,1-2H3,(H,24,27)(H,25,29)/t13-/m0/s1. The summed E-state index contributed by atoms with van der Waals surface area (Å²) in [4.78, 5) is 49.3. The molecule has 0 aromatic heterocycles. The molecule has 3 amide bonds. The van der Waals surface area contributed by atoms with Gasteiger partial charge in [0.05, 0.1) is 37.9 Å². The summed E-state index contributed by atoms with van der Waals surface area (Å²) in [6.45, 7) is -0.644. The third-order valence-corrected chi connectivity index (χ3v) is 5.06. The molecule has 0 unspecified atom stereocenters. The Labute approximate surface area is 194 Å². The lowest BCUT2D eigenvalue weighted by molar-refractivity contribution is -0.151. The van der Waals surface area contributed by atoms with Crippen LogP contribution in [-0.2, 0) is 19.1 Å². The maximum atomic E-state index is 12.5. The topological polar surface area (TPSA) is 123 Å². The number of carbonyl (C=O) groups excluding carboxylic acids is 4. The molecule has 0 saturated carbocycles. The number of esters is 1. The molecule has 174 valence electrons. The van der Waals surface area contributed by atoms with E-state index in [2.05, 4.69) is 10.7 Å². The Morgan fingerprint density at radius 2 is 1.82 bits per heavy atom. The number of hydrazine groups is 1. The number of amides is 3. The van der Waals surface area contributed by atoms with Gasteiger partial charge in [0.25, 0.3) is 11.8 Å². The number of benzene rings is 2. The van der Waals surface area contributed by atoms with Gasteiger partial charge in [-0.2, -0.15) is 0 Å². The van der Waals surface area contributed by atoms with Crippen molar-refractivity contribution in [2.75, 3.05) is 32.7 Å².